The zero-order chi connectivity index (χ0) is 10.6. The molecule has 0 aliphatic carbocycles. The van der Waals surface area contributed by atoms with E-state index in [1.165, 1.54) is 5.56 Å². The summed E-state index contributed by atoms with van der Waals surface area (Å²) in [5.74, 6) is 0.339. The predicted molar refractivity (Wildman–Crippen MR) is 57.9 cm³/mol. The van der Waals surface area contributed by atoms with E-state index in [0.29, 0.717) is 6.54 Å². The van der Waals surface area contributed by atoms with Crippen LogP contribution in [0.3, 0.4) is 0 Å². The number of nitrogens with two attached hydrogens (primary N) is 1. The lowest BCUT2D eigenvalue weighted by Crippen LogP contribution is -2.09. The molecular formula is C12H17NO. The van der Waals surface area contributed by atoms with Crippen LogP contribution in [0.15, 0.2) is 24.3 Å². The number of carbonyl (C=O) groups is 1. The van der Waals surface area contributed by atoms with Crippen molar-refractivity contribution < 1.29 is 4.79 Å². The van der Waals surface area contributed by atoms with E-state index >= 15 is 0 Å². The summed E-state index contributed by atoms with van der Waals surface area (Å²) in [5, 5.41) is 0. The first-order valence-electron chi connectivity index (χ1n) is 4.92. The first kappa shape index (κ1) is 10.9. The minimum absolute atomic E-state index is 0.100. The SMILES string of the molecule is CC(=O)[C@@H](C)Cc1cccc(CN)c1. The van der Waals surface area contributed by atoms with Crippen LogP contribution in [-0.4, -0.2) is 5.78 Å². The molecule has 0 heterocycles. The third-order valence-corrected chi connectivity index (χ3v) is 2.46. The number of ketones is 1. The van der Waals surface area contributed by atoms with E-state index in [4.69, 9.17) is 5.73 Å². The highest BCUT2D eigenvalue weighted by molar-refractivity contribution is 5.78. The van der Waals surface area contributed by atoms with E-state index in [9.17, 15) is 4.79 Å². The zero-order valence-electron chi connectivity index (χ0n) is 8.79. The van der Waals surface area contributed by atoms with Crippen molar-refractivity contribution in [2.45, 2.75) is 26.8 Å². The van der Waals surface area contributed by atoms with E-state index in [1.807, 2.05) is 25.1 Å². The van der Waals surface area contributed by atoms with Gasteiger partial charge in [0.1, 0.15) is 5.78 Å². The van der Waals surface area contributed by atoms with Gasteiger partial charge in [0.05, 0.1) is 0 Å². The van der Waals surface area contributed by atoms with Crippen molar-refractivity contribution in [3.8, 4) is 0 Å². The quantitative estimate of drug-likeness (QED) is 0.790. The molecule has 14 heavy (non-hydrogen) atoms. The van der Waals surface area contributed by atoms with E-state index in [0.717, 1.165) is 12.0 Å². The molecule has 0 aromatic heterocycles. The number of benzene rings is 1. The van der Waals surface area contributed by atoms with Crippen LogP contribution >= 0.6 is 0 Å². The second kappa shape index (κ2) is 4.91. The average molecular weight is 191 g/mol. The lowest BCUT2D eigenvalue weighted by Gasteiger charge is -2.08. The van der Waals surface area contributed by atoms with Crippen molar-refractivity contribution in [3.63, 3.8) is 0 Å². The molecule has 0 saturated heterocycles. The minimum atomic E-state index is 0.100. The third kappa shape index (κ3) is 2.96. The topological polar surface area (TPSA) is 43.1 Å². The maximum atomic E-state index is 11.1. The summed E-state index contributed by atoms with van der Waals surface area (Å²) in [4.78, 5) is 11.1. The van der Waals surface area contributed by atoms with Crippen molar-refractivity contribution in [2.24, 2.45) is 11.7 Å². The number of carbonyl (C=O) groups excluding carboxylic acids is 1. The molecule has 0 amide bonds. The van der Waals surface area contributed by atoms with Gasteiger partial charge in [0.15, 0.2) is 0 Å². The average Bonchev–Trinajstić information content (AvgIpc) is 2.18. The number of Topliss-reactive ketones (excluding diaryl/α,β-unsaturated/α-hetero) is 1. The molecule has 1 rings (SSSR count). The molecule has 76 valence electrons. The molecule has 0 unspecified atom stereocenters. The Hall–Kier alpha value is -1.15. The Kier molecular flexibility index (Phi) is 3.84. The Morgan fingerprint density at radius 3 is 2.64 bits per heavy atom. The summed E-state index contributed by atoms with van der Waals surface area (Å²) >= 11 is 0. The van der Waals surface area contributed by atoms with Gasteiger partial charge in [-0.15, -0.1) is 0 Å². The second-order valence-corrected chi connectivity index (χ2v) is 3.74. The molecule has 2 nitrogen and oxygen atoms in total. The number of hydrogen-bond acceptors (Lipinski definition) is 2. The molecular weight excluding hydrogens is 174 g/mol. The Morgan fingerprint density at radius 1 is 1.43 bits per heavy atom. The van der Waals surface area contributed by atoms with Crippen LogP contribution in [0.1, 0.15) is 25.0 Å². The second-order valence-electron chi connectivity index (χ2n) is 3.74. The highest BCUT2D eigenvalue weighted by Crippen LogP contribution is 2.11. The van der Waals surface area contributed by atoms with Gasteiger partial charge in [0, 0.05) is 12.5 Å². The highest BCUT2D eigenvalue weighted by Gasteiger charge is 2.08. The molecule has 0 bridgehead atoms. The van der Waals surface area contributed by atoms with Crippen molar-refractivity contribution in [1.82, 2.24) is 0 Å². The molecule has 0 radical (unpaired) electrons. The van der Waals surface area contributed by atoms with Crippen LogP contribution in [0.4, 0.5) is 0 Å². The van der Waals surface area contributed by atoms with Crippen LogP contribution in [0.2, 0.25) is 0 Å². The van der Waals surface area contributed by atoms with Gasteiger partial charge in [-0.05, 0) is 24.5 Å². The summed E-state index contributed by atoms with van der Waals surface area (Å²) in [7, 11) is 0. The summed E-state index contributed by atoms with van der Waals surface area (Å²) in [6, 6.07) is 8.10. The van der Waals surface area contributed by atoms with Crippen LogP contribution in [0, 0.1) is 5.92 Å². The van der Waals surface area contributed by atoms with Crippen molar-refractivity contribution in [3.05, 3.63) is 35.4 Å². The molecule has 0 aliphatic heterocycles. The lowest BCUT2D eigenvalue weighted by atomic mass is 9.97. The molecule has 2 N–H and O–H groups in total. The van der Waals surface area contributed by atoms with Gasteiger partial charge in [-0.1, -0.05) is 31.2 Å². The van der Waals surface area contributed by atoms with E-state index in [2.05, 4.69) is 6.07 Å². The van der Waals surface area contributed by atoms with Crippen molar-refractivity contribution in [1.29, 1.82) is 0 Å². The molecule has 2 heteroatoms. The molecule has 1 aromatic rings. The zero-order valence-corrected chi connectivity index (χ0v) is 8.79. The summed E-state index contributed by atoms with van der Waals surface area (Å²) in [6.45, 7) is 4.15. The summed E-state index contributed by atoms with van der Waals surface area (Å²) in [5.41, 5.74) is 7.86. The number of hydrogen-bond donors (Lipinski definition) is 1. The van der Waals surface area contributed by atoms with E-state index < -0.39 is 0 Å². The first-order valence-corrected chi connectivity index (χ1v) is 4.92. The molecule has 0 aliphatic rings. The van der Waals surface area contributed by atoms with E-state index in [1.54, 1.807) is 6.92 Å². The maximum Gasteiger partial charge on any atom is 0.132 e. The predicted octanol–water partition coefficient (Wildman–Crippen LogP) is 1.91. The fourth-order valence-electron chi connectivity index (χ4n) is 1.38. The minimum Gasteiger partial charge on any atom is -0.326 e. The van der Waals surface area contributed by atoms with Gasteiger partial charge < -0.3 is 5.73 Å². The normalized spacial score (nSPS) is 12.5. The summed E-state index contributed by atoms with van der Waals surface area (Å²) in [6.07, 6.45) is 0.809. The Labute approximate surface area is 85.1 Å². The molecule has 1 atom stereocenters. The van der Waals surface area contributed by atoms with Crippen LogP contribution < -0.4 is 5.73 Å². The molecule has 0 saturated carbocycles. The van der Waals surface area contributed by atoms with Gasteiger partial charge >= 0.3 is 0 Å². The fourth-order valence-corrected chi connectivity index (χ4v) is 1.38. The molecule has 0 spiro atoms. The van der Waals surface area contributed by atoms with Gasteiger partial charge in [0.25, 0.3) is 0 Å². The Bertz CT molecular complexity index is 320. The van der Waals surface area contributed by atoms with Crippen molar-refractivity contribution in [2.75, 3.05) is 0 Å². The molecule has 0 fully saturated rings. The Balaban J connectivity index is 2.71. The van der Waals surface area contributed by atoms with Gasteiger partial charge in [-0.2, -0.15) is 0 Å². The van der Waals surface area contributed by atoms with Gasteiger partial charge in [-0.25, -0.2) is 0 Å². The Morgan fingerprint density at radius 2 is 2.07 bits per heavy atom. The van der Waals surface area contributed by atoms with E-state index in [-0.39, 0.29) is 11.7 Å². The standard InChI is InChI=1S/C12H17NO/c1-9(10(2)14)6-11-4-3-5-12(7-11)8-13/h3-5,7,9H,6,8,13H2,1-2H3/t9-/m0/s1. The van der Waals surface area contributed by atoms with Gasteiger partial charge in [0.2, 0.25) is 0 Å². The maximum absolute atomic E-state index is 11.1. The number of rotatable bonds is 4. The van der Waals surface area contributed by atoms with Gasteiger partial charge in [-0.3, -0.25) is 4.79 Å². The van der Waals surface area contributed by atoms with Crippen LogP contribution in [-0.2, 0) is 17.8 Å². The fraction of sp³-hybridized carbons (Fsp3) is 0.417. The summed E-state index contributed by atoms with van der Waals surface area (Å²) < 4.78 is 0. The monoisotopic (exact) mass is 191 g/mol. The largest absolute Gasteiger partial charge is 0.326 e. The van der Waals surface area contributed by atoms with Crippen molar-refractivity contribution >= 4 is 5.78 Å². The lowest BCUT2D eigenvalue weighted by molar-refractivity contribution is -0.120. The first-order chi connectivity index (χ1) is 6.63. The third-order valence-electron chi connectivity index (χ3n) is 2.46. The van der Waals surface area contributed by atoms with Crippen LogP contribution in [0.5, 0.6) is 0 Å². The highest BCUT2D eigenvalue weighted by atomic mass is 16.1. The van der Waals surface area contributed by atoms with Crippen LogP contribution in [0.25, 0.3) is 0 Å². The molecule has 1 aromatic carbocycles. The smallest absolute Gasteiger partial charge is 0.132 e.